The highest BCUT2D eigenvalue weighted by atomic mass is 19.3. The minimum atomic E-state index is -3.33. The Kier molecular flexibility index (Phi) is 2.64. The van der Waals surface area contributed by atoms with Crippen LogP contribution >= 0.6 is 0 Å². The molecule has 0 bridgehead atoms. The predicted molar refractivity (Wildman–Crippen MR) is 46.5 cm³/mol. The van der Waals surface area contributed by atoms with Crippen molar-refractivity contribution in [1.82, 2.24) is 5.32 Å². The number of carbonyl (C=O) groups excluding carboxylic acids is 1. The smallest absolute Gasteiger partial charge is 0.377 e. The van der Waals surface area contributed by atoms with Crippen LogP contribution < -0.4 is 5.32 Å². The second kappa shape index (κ2) is 3.68. The quantitative estimate of drug-likeness (QED) is 0.661. The van der Waals surface area contributed by atoms with E-state index in [0.29, 0.717) is 12.8 Å². The highest BCUT2D eigenvalue weighted by molar-refractivity contribution is 5.79. The normalized spacial score (nSPS) is 38.6. The maximum absolute atomic E-state index is 12.7. The van der Waals surface area contributed by atoms with E-state index < -0.39 is 24.4 Å². The SMILES string of the molecule is O=C1OC(CNC2CC(O)C2)CC1(F)F. The summed E-state index contributed by atoms with van der Waals surface area (Å²) >= 11 is 0. The Morgan fingerprint density at radius 2 is 2.20 bits per heavy atom. The molecule has 0 spiro atoms. The minimum Gasteiger partial charge on any atom is -0.456 e. The van der Waals surface area contributed by atoms with Gasteiger partial charge in [-0.2, -0.15) is 8.78 Å². The molecular formula is C9H13F2NO3. The maximum Gasteiger partial charge on any atom is 0.377 e. The zero-order chi connectivity index (χ0) is 11.1. The number of ether oxygens (including phenoxy) is 1. The molecule has 1 heterocycles. The van der Waals surface area contributed by atoms with Gasteiger partial charge in [0.25, 0.3) is 0 Å². The van der Waals surface area contributed by atoms with Crippen molar-refractivity contribution in [1.29, 1.82) is 0 Å². The van der Waals surface area contributed by atoms with Gasteiger partial charge in [0.15, 0.2) is 0 Å². The molecule has 86 valence electrons. The molecule has 2 fully saturated rings. The Morgan fingerprint density at radius 1 is 1.53 bits per heavy atom. The van der Waals surface area contributed by atoms with Crippen LogP contribution in [0.4, 0.5) is 8.78 Å². The monoisotopic (exact) mass is 221 g/mol. The first-order valence-electron chi connectivity index (χ1n) is 4.98. The molecule has 1 saturated heterocycles. The van der Waals surface area contributed by atoms with Crippen LogP contribution in [-0.4, -0.2) is 41.8 Å². The van der Waals surface area contributed by atoms with Crippen molar-refractivity contribution in [3.8, 4) is 0 Å². The Morgan fingerprint density at radius 3 is 2.67 bits per heavy atom. The zero-order valence-corrected chi connectivity index (χ0v) is 8.08. The van der Waals surface area contributed by atoms with Crippen LogP contribution in [0.5, 0.6) is 0 Å². The molecule has 0 aromatic heterocycles. The largest absolute Gasteiger partial charge is 0.456 e. The first-order chi connectivity index (χ1) is 6.97. The molecule has 0 aromatic rings. The van der Waals surface area contributed by atoms with Crippen molar-refractivity contribution in [2.75, 3.05) is 6.54 Å². The number of esters is 1. The average molecular weight is 221 g/mol. The van der Waals surface area contributed by atoms with Gasteiger partial charge in [0, 0.05) is 12.6 Å². The molecule has 1 atom stereocenters. The third-order valence-electron chi connectivity index (χ3n) is 2.80. The van der Waals surface area contributed by atoms with Gasteiger partial charge >= 0.3 is 11.9 Å². The number of halogens is 2. The molecular weight excluding hydrogens is 208 g/mol. The molecule has 4 nitrogen and oxygen atoms in total. The molecule has 1 saturated carbocycles. The summed E-state index contributed by atoms with van der Waals surface area (Å²) in [5.41, 5.74) is 0. The summed E-state index contributed by atoms with van der Waals surface area (Å²) in [7, 11) is 0. The summed E-state index contributed by atoms with van der Waals surface area (Å²) in [5, 5.41) is 12.0. The van der Waals surface area contributed by atoms with Crippen molar-refractivity contribution in [3.05, 3.63) is 0 Å². The summed E-state index contributed by atoms with van der Waals surface area (Å²) in [6.07, 6.45) is -0.303. The average Bonchev–Trinajstić information content (AvgIpc) is 2.33. The molecule has 6 heteroatoms. The molecule has 0 radical (unpaired) electrons. The van der Waals surface area contributed by atoms with Crippen LogP contribution in [0, 0.1) is 0 Å². The lowest BCUT2D eigenvalue weighted by molar-refractivity contribution is -0.159. The van der Waals surface area contributed by atoms with Crippen molar-refractivity contribution < 1.29 is 23.4 Å². The number of hydrogen-bond donors (Lipinski definition) is 2. The van der Waals surface area contributed by atoms with Gasteiger partial charge < -0.3 is 15.2 Å². The van der Waals surface area contributed by atoms with Gasteiger partial charge in [-0.15, -0.1) is 0 Å². The Hall–Kier alpha value is -0.750. The highest BCUT2D eigenvalue weighted by Gasteiger charge is 2.50. The molecule has 15 heavy (non-hydrogen) atoms. The lowest BCUT2D eigenvalue weighted by Gasteiger charge is -2.32. The lowest BCUT2D eigenvalue weighted by Crippen LogP contribution is -2.46. The number of aliphatic hydroxyl groups excluding tert-OH is 1. The molecule has 1 aliphatic carbocycles. The van der Waals surface area contributed by atoms with Crippen LogP contribution in [0.25, 0.3) is 0 Å². The number of hydrogen-bond acceptors (Lipinski definition) is 4. The molecule has 0 aromatic carbocycles. The summed E-state index contributed by atoms with van der Waals surface area (Å²) in [6.45, 7) is 0.235. The number of rotatable bonds is 3. The molecule has 2 aliphatic rings. The minimum absolute atomic E-state index is 0.160. The molecule has 2 rings (SSSR count). The van der Waals surface area contributed by atoms with E-state index in [1.54, 1.807) is 0 Å². The summed E-state index contributed by atoms with van der Waals surface area (Å²) < 4.78 is 30.0. The van der Waals surface area contributed by atoms with Gasteiger partial charge in [0.05, 0.1) is 12.5 Å². The predicted octanol–water partition coefficient (Wildman–Crippen LogP) is 0.0501. The van der Waals surface area contributed by atoms with Gasteiger partial charge in [-0.25, -0.2) is 4.79 Å². The van der Waals surface area contributed by atoms with Gasteiger partial charge in [0.1, 0.15) is 6.10 Å². The topological polar surface area (TPSA) is 58.6 Å². The van der Waals surface area contributed by atoms with E-state index in [9.17, 15) is 13.6 Å². The number of cyclic esters (lactones) is 1. The van der Waals surface area contributed by atoms with E-state index in [1.165, 1.54) is 0 Å². The van der Waals surface area contributed by atoms with Crippen LogP contribution in [-0.2, 0) is 9.53 Å². The van der Waals surface area contributed by atoms with Gasteiger partial charge in [-0.1, -0.05) is 0 Å². The van der Waals surface area contributed by atoms with Crippen molar-refractivity contribution >= 4 is 5.97 Å². The van der Waals surface area contributed by atoms with Crippen LogP contribution in [0.3, 0.4) is 0 Å². The summed E-state index contributed by atoms with van der Waals surface area (Å²) in [6, 6.07) is 0.160. The second-order valence-electron chi connectivity index (χ2n) is 4.17. The van der Waals surface area contributed by atoms with E-state index in [-0.39, 0.29) is 18.7 Å². The van der Waals surface area contributed by atoms with Crippen LogP contribution in [0.1, 0.15) is 19.3 Å². The van der Waals surface area contributed by atoms with Crippen LogP contribution in [0.2, 0.25) is 0 Å². The second-order valence-corrected chi connectivity index (χ2v) is 4.17. The van der Waals surface area contributed by atoms with Crippen molar-refractivity contribution in [3.63, 3.8) is 0 Å². The molecule has 1 unspecified atom stereocenters. The van der Waals surface area contributed by atoms with E-state index >= 15 is 0 Å². The van der Waals surface area contributed by atoms with E-state index in [2.05, 4.69) is 10.1 Å². The standard InChI is InChI=1S/C9H13F2NO3/c10-9(11)3-7(15-8(9)14)4-12-5-1-6(13)2-5/h5-7,12-13H,1-4H2. The van der Waals surface area contributed by atoms with E-state index in [1.807, 2.05) is 0 Å². The molecule has 2 N–H and O–H groups in total. The molecule has 1 aliphatic heterocycles. The Labute approximate surface area is 85.6 Å². The van der Waals surface area contributed by atoms with Crippen molar-refractivity contribution in [2.24, 2.45) is 0 Å². The fourth-order valence-electron chi connectivity index (χ4n) is 1.81. The maximum atomic E-state index is 12.7. The number of aliphatic hydroxyl groups is 1. The Balaban J connectivity index is 1.71. The number of carbonyl (C=O) groups is 1. The van der Waals surface area contributed by atoms with Crippen molar-refractivity contribution in [2.45, 2.75) is 43.4 Å². The third-order valence-corrected chi connectivity index (χ3v) is 2.80. The highest BCUT2D eigenvalue weighted by Crippen LogP contribution is 2.30. The van der Waals surface area contributed by atoms with Gasteiger partial charge in [-0.3, -0.25) is 0 Å². The fraction of sp³-hybridized carbons (Fsp3) is 0.889. The zero-order valence-electron chi connectivity index (χ0n) is 8.08. The third kappa shape index (κ3) is 2.26. The van der Waals surface area contributed by atoms with Gasteiger partial charge in [-0.05, 0) is 12.8 Å². The summed E-state index contributed by atoms with van der Waals surface area (Å²) in [4.78, 5) is 10.6. The number of alkyl halides is 2. The molecule has 0 amide bonds. The first-order valence-corrected chi connectivity index (χ1v) is 4.98. The number of nitrogens with one attached hydrogen (secondary N) is 1. The Bertz CT molecular complexity index is 266. The van der Waals surface area contributed by atoms with Crippen LogP contribution in [0.15, 0.2) is 0 Å². The first kappa shape index (κ1) is 10.8. The summed E-state index contributed by atoms with van der Waals surface area (Å²) in [5.74, 6) is -4.76. The lowest BCUT2D eigenvalue weighted by atomic mass is 9.89. The van der Waals surface area contributed by atoms with E-state index in [4.69, 9.17) is 5.11 Å². The van der Waals surface area contributed by atoms with Gasteiger partial charge in [0.2, 0.25) is 0 Å². The van der Waals surface area contributed by atoms with E-state index in [0.717, 1.165) is 0 Å². The fourth-order valence-corrected chi connectivity index (χ4v) is 1.81.